The van der Waals surface area contributed by atoms with Gasteiger partial charge in [0, 0.05) is 21.4 Å². The molecule has 18 heavy (non-hydrogen) atoms. The third kappa shape index (κ3) is 3.08. The van der Waals surface area contributed by atoms with Crippen LogP contribution < -0.4 is 5.73 Å². The molecule has 0 aliphatic heterocycles. The highest BCUT2D eigenvalue weighted by Crippen LogP contribution is 2.33. The Balaban J connectivity index is 2.33. The summed E-state index contributed by atoms with van der Waals surface area (Å²) in [7, 11) is 0. The Labute approximate surface area is 117 Å². The van der Waals surface area contributed by atoms with Gasteiger partial charge in [0.05, 0.1) is 0 Å². The molecule has 0 bridgehead atoms. The fourth-order valence-corrected chi connectivity index (χ4v) is 3.03. The predicted molar refractivity (Wildman–Crippen MR) is 79.4 cm³/mol. The van der Waals surface area contributed by atoms with Gasteiger partial charge in [-0.1, -0.05) is 35.5 Å². The molecular formula is C15H16ClNS. The highest BCUT2D eigenvalue weighted by atomic mass is 35.5. The molecule has 0 amide bonds. The van der Waals surface area contributed by atoms with Crippen molar-refractivity contribution in [2.75, 3.05) is 0 Å². The summed E-state index contributed by atoms with van der Waals surface area (Å²) < 4.78 is 0. The summed E-state index contributed by atoms with van der Waals surface area (Å²) in [5.41, 5.74) is 9.49. The highest BCUT2D eigenvalue weighted by Gasteiger charge is 2.05. The van der Waals surface area contributed by atoms with E-state index < -0.39 is 0 Å². The van der Waals surface area contributed by atoms with Crippen LogP contribution in [0.1, 0.15) is 16.7 Å². The van der Waals surface area contributed by atoms with Gasteiger partial charge in [-0.15, -0.1) is 0 Å². The molecule has 3 heteroatoms. The van der Waals surface area contributed by atoms with Crippen LogP contribution in [0.15, 0.2) is 46.2 Å². The maximum Gasteiger partial charge on any atom is 0.0417 e. The summed E-state index contributed by atoms with van der Waals surface area (Å²) in [6.07, 6.45) is 0. The lowest BCUT2D eigenvalue weighted by Gasteiger charge is -2.09. The molecule has 0 saturated carbocycles. The second kappa shape index (κ2) is 5.79. The van der Waals surface area contributed by atoms with Gasteiger partial charge in [0.25, 0.3) is 0 Å². The molecule has 0 fully saturated rings. The van der Waals surface area contributed by atoms with Crippen molar-refractivity contribution in [2.45, 2.75) is 30.2 Å². The van der Waals surface area contributed by atoms with Crippen molar-refractivity contribution in [2.24, 2.45) is 5.73 Å². The van der Waals surface area contributed by atoms with Crippen LogP contribution in [-0.4, -0.2) is 0 Å². The SMILES string of the molecule is Cc1ccc(Sc2cc(Cl)ccc2CN)cc1C. The van der Waals surface area contributed by atoms with E-state index in [1.54, 1.807) is 11.8 Å². The summed E-state index contributed by atoms with van der Waals surface area (Å²) in [4.78, 5) is 2.35. The first kappa shape index (κ1) is 13.5. The van der Waals surface area contributed by atoms with E-state index in [4.69, 9.17) is 17.3 Å². The summed E-state index contributed by atoms with van der Waals surface area (Å²) in [6.45, 7) is 4.78. The molecule has 0 atom stereocenters. The molecule has 0 spiro atoms. The molecule has 2 rings (SSSR count). The third-order valence-electron chi connectivity index (χ3n) is 2.96. The van der Waals surface area contributed by atoms with Crippen LogP contribution in [0.3, 0.4) is 0 Å². The second-order valence-electron chi connectivity index (χ2n) is 4.30. The largest absolute Gasteiger partial charge is 0.326 e. The van der Waals surface area contributed by atoms with Gasteiger partial charge in [-0.2, -0.15) is 0 Å². The van der Waals surface area contributed by atoms with Gasteiger partial charge in [0.2, 0.25) is 0 Å². The zero-order chi connectivity index (χ0) is 13.1. The number of nitrogens with two attached hydrogens (primary N) is 1. The monoisotopic (exact) mass is 277 g/mol. The summed E-state index contributed by atoms with van der Waals surface area (Å²) in [6, 6.07) is 12.3. The minimum absolute atomic E-state index is 0.532. The Hall–Kier alpha value is -0.960. The van der Waals surface area contributed by atoms with Crippen LogP contribution in [-0.2, 0) is 6.54 Å². The normalized spacial score (nSPS) is 10.7. The lowest BCUT2D eigenvalue weighted by molar-refractivity contribution is 1.03. The van der Waals surface area contributed by atoms with Gasteiger partial charge in [0.1, 0.15) is 0 Å². The van der Waals surface area contributed by atoms with Crippen molar-refractivity contribution in [1.29, 1.82) is 0 Å². The van der Waals surface area contributed by atoms with Crippen LogP contribution in [0.25, 0.3) is 0 Å². The first-order valence-electron chi connectivity index (χ1n) is 5.84. The van der Waals surface area contributed by atoms with Crippen LogP contribution in [0.5, 0.6) is 0 Å². The molecule has 0 heterocycles. The fourth-order valence-electron chi connectivity index (χ4n) is 1.70. The van der Waals surface area contributed by atoms with Gasteiger partial charge in [0.15, 0.2) is 0 Å². The molecule has 0 aliphatic rings. The number of benzene rings is 2. The minimum atomic E-state index is 0.532. The Morgan fingerprint density at radius 2 is 1.83 bits per heavy atom. The van der Waals surface area contributed by atoms with Gasteiger partial charge in [-0.25, -0.2) is 0 Å². The van der Waals surface area contributed by atoms with E-state index >= 15 is 0 Å². The first-order valence-corrected chi connectivity index (χ1v) is 7.03. The first-order chi connectivity index (χ1) is 8.60. The zero-order valence-electron chi connectivity index (χ0n) is 10.5. The summed E-state index contributed by atoms with van der Waals surface area (Å²) >= 11 is 7.75. The van der Waals surface area contributed by atoms with E-state index in [2.05, 4.69) is 32.0 Å². The van der Waals surface area contributed by atoms with Gasteiger partial charge in [-0.3, -0.25) is 0 Å². The molecule has 0 aliphatic carbocycles. The number of aryl methyl sites for hydroxylation is 2. The van der Waals surface area contributed by atoms with Gasteiger partial charge in [-0.05, 0) is 54.8 Å². The standard InChI is InChI=1S/C15H16ClNS/c1-10-3-6-14(7-11(10)2)18-15-8-13(16)5-4-12(15)9-17/h3-8H,9,17H2,1-2H3. The van der Waals surface area contributed by atoms with E-state index in [1.165, 1.54) is 16.0 Å². The molecule has 1 nitrogen and oxygen atoms in total. The predicted octanol–water partition coefficient (Wildman–Crippen LogP) is 4.57. The molecule has 0 saturated heterocycles. The fraction of sp³-hybridized carbons (Fsp3) is 0.200. The molecule has 2 N–H and O–H groups in total. The molecule has 0 radical (unpaired) electrons. The van der Waals surface area contributed by atoms with Crippen molar-refractivity contribution >= 4 is 23.4 Å². The lowest BCUT2D eigenvalue weighted by Crippen LogP contribution is -1.98. The summed E-state index contributed by atoms with van der Waals surface area (Å²) in [5, 5.41) is 0.749. The number of hydrogen-bond donors (Lipinski definition) is 1. The quantitative estimate of drug-likeness (QED) is 0.890. The van der Waals surface area contributed by atoms with Crippen LogP contribution in [0.4, 0.5) is 0 Å². The molecule has 0 unspecified atom stereocenters. The molecule has 2 aromatic rings. The van der Waals surface area contributed by atoms with E-state index in [1.807, 2.05) is 18.2 Å². The zero-order valence-corrected chi connectivity index (χ0v) is 12.1. The van der Waals surface area contributed by atoms with Crippen molar-refractivity contribution in [3.63, 3.8) is 0 Å². The molecule has 0 aromatic heterocycles. The molecule has 2 aromatic carbocycles. The Morgan fingerprint density at radius 1 is 1.06 bits per heavy atom. The van der Waals surface area contributed by atoms with Crippen molar-refractivity contribution in [3.8, 4) is 0 Å². The smallest absolute Gasteiger partial charge is 0.0417 e. The van der Waals surface area contributed by atoms with E-state index in [9.17, 15) is 0 Å². The Morgan fingerprint density at radius 3 is 2.50 bits per heavy atom. The van der Waals surface area contributed by atoms with Crippen molar-refractivity contribution in [3.05, 3.63) is 58.1 Å². The average molecular weight is 278 g/mol. The minimum Gasteiger partial charge on any atom is -0.326 e. The van der Waals surface area contributed by atoms with Crippen LogP contribution in [0.2, 0.25) is 5.02 Å². The van der Waals surface area contributed by atoms with Crippen molar-refractivity contribution < 1.29 is 0 Å². The maximum absolute atomic E-state index is 6.04. The van der Waals surface area contributed by atoms with Crippen LogP contribution >= 0.6 is 23.4 Å². The van der Waals surface area contributed by atoms with E-state index in [-0.39, 0.29) is 0 Å². The number of halogens is 1. The Bertz CT molecular complexity index is 566. The van der Waals surface area contributed by atoms with Crippen molar-refractivity contribution in [1.82, 2.24) is 0 Å². The number of rotatable bonds is 3. The maximum atomic E-state index is 6.04. The third-order valence-corrected chi connectivity index (χ3v) is 4.28. The number of hydrogen-bond acceptors (Lipinski definition) is 2. The highest BCUT2D eigenvalue weighted by molar-refractivity contribution is 7.99. The van der Waals surface area contributed by atoms with Gasteiger partial charge >= 0.3 is 0 Å². The summed E-state index contributed by atoms with van der Waals surface area (Å²) in [5.74, 6) is 0. The molecular weight excluding hydrogens is 262 g/mol. The van der Waals surface area contributed by atoms with Crippen LogP contribution in [0, 0.1) is 13.8 Å². The van der Waals surface area contributed by atoms with Gasteiger partial charge < -0.3 is 5.73 Å². The topological polar surface area (TPSA) is 26.0 Å². The molecule has 94 valence electrons. The lowest BCUT2D eigenvalue weighted by atomic mass is 10.1. The van der Waals surface area contributed by atoms with E-state index in [0.29, 0.717) is 6.54 Å². The second-order valence-corrected chi connectivity index (χ2v) is 5.86. The average Bonchev–Trinajstić information content (AvgIpc) is 2.34. The van der Waals surface area contributed by atoms with E-state index in [0.717, 1.165) is 15.5 Å². The Kier molecular flexibility index (Phi) is 4.33.